The maximum absolute atomic E-state index is 12.0. The average molecular weight is 279 g/mol. The van der Waals surface area contributed by atoms with E-state index in [1.54, 1.807) is 13.1 Å². The summed E-state index contributed by atoms with van der Waals surface area (Å²) in [4.78, 5) is 0.0450. The van der Waals surface area contributed by atoms with E-state index in [9.17, 15) is 8.42 Å². The Morgan fingerprint density at radius 3 is 2.65 bits per heavy atom. The Balaban J connectivity index is 3.00. The molecule has 0 aliphatic rings. The molecule has 0 aliphatic carbocycles. The normalized spacial score (nSPS) is 11.5. The molecular formula is C10H15ClN2O3S. The first-order chi connectivity index (χ1) is 8.01. The quantitative estimate of drug-likeness (QED) is 0.757. The van der Waals surface area contributed by atoms with Crippen molar-refractivity contribution < 1.29 is 13.2 Å². The van der Waals surface area contributed by atoms with Gasteiger partial charge in [-0.05, 0) is 25.2 Å². The smallest absolute Gasteiger partial charge is 0.244 e. The largest absolute Gasteiger partial charge is 0.495 e. The van der Waals surface area contributed by atoms with Gasteiger partial charge in [-0.2, -0.15) is 0 Å². The van der Waals surface area contributed by atoms with Gasteiger partial charge in [0.15, 0.2) is 0 Å². The number of halogens is 1. The van der Waals surface area contributed by atoms with Gasteiger partial charge in [0.2, 0.25) is 10.0 Å². The fourth-order valence-corrected chi connectivity index (χ4v) is 2.71. The molecule has 0 saturated carbocycles. The van der Waals surface area contributed by atoms with Crippen LogP contribution in [0.3, 0.4) is 0 Å². The molecule has 0 fully saturated rings. The third-order valence-corrected chi connectivity index (χ3v) is 3.80. The topological polar surface area (TPSA) is 67.4 Å². The molecule has 1 aromatic rings. The Morgan fingerprint density at radius 1 is 1.35 bits per heavy atom. The second kappa shape index (κ2) is 6.20. The zero-order valence-electron chi connectivity index (χ0n) is 9.66. The summed E-state index contributed by atoms with van der Waals surface area (Å²) < 4.78 is 31.4. The van der Waals surface area contributed by atoms with Crippen LogP contribution in [0.5, 0.6) is 5.75 Å². The number of ether oxygens (including phenoxy) is 1. The Hall–Kier alpha value is -0.820. The summed E-state index contributed by atoms with van der Waals surface area (Å²) >= 11 is 5.78. The molecule has 0 spiro atoms. The molecule has 17 heavy (non-hydrogen) atoms. The summed E-state index contributed by atoms with van der Waals surface area (Å²) in [7, 11) is -0.440. The number of rotatable bonds is 6. The highest BCUT2D eigenvalue weighted by atomic mass is 35.5. The van der Waals surface area contributed by atoms with Gasteiger partial charge in [-0.15, -0.1) is 0 Å². The molecule has 1 aromatic carbocycles. The molecule has 0 atom stereocenters. The minimum Gasteiger partial charge on any atom is -0.495 e. The first-order valence-electron chi connectivity index (χ1n) is 4.99. The molecule has 7 heteroatoms. The van der Waals surface area contributed by atoms with Gasteiger partial charge < -0.3 is 10.1 Å². The highest BCUT2D eigenvalue weighted by molar-refractivity contribution is 7.89. The molecule has 5 nitrogen and oxygen atoms in total. The predicted octanol–water partition coefficient (Wildman–Crippen LogP) is 0.846. The lowest BCUT2D eigenvalue weighted by atomic mass is 10.3. The number of methoxy groups -OCH3 is 1. The molecular weight excluding hydrogens is 264 g/mol. The summed E-state index contributed by atoms with van der Waals surface area (Å²) in [5.41, 5.74) is 0. The van der Waals surface area contributed by atoms with Crippen LogP contribution >= 0.6 is 11.6 Å². The summed E-state index contributed by atoms with van der Waals surface area (Å²) in [6, 6.07) is 4.46. The lowest BCUT2D eigenvalue weighted by Crippen LogP contribution is -2.30. The van der Waals surface area contributed by atoms with Gasteiger partial charge in [0.1, 0.15) is 10.6 Å². The Labute approximate surface area is 106 Å². The first-order valence-corrected chi connectivity index (χ1v) is 6.85. The molecule has 2 N–H and O–H groups in total. The van der Waals surface area contributed by atoms with Crippen LogP contribution in [0.25, 0.3) is 0 Å². The van der Waals surface area contributed by atoms with Crippen molar-refractivity contribution in [3.8, 4) is 5.75 Å². The summed E-state index contributed by atoms with van der Waals surface area (Å²) in [5.74, 6) is 0.270. The van der Waals surface area contributed by atoms with Gasteiger partial charge in [-0.25, -0.2) is 13.1 Å². The molecule has 0 aromatic heterocycles. The van der Waals surface area contributed by atoms with Crippen LogP contribution in [0, 0.1) is 0 Å². The van der Waals surface area contributed by atoms with Crippen LogP contribution in [-0.2, 0) is 10.0 Å². The van der Waals surface area contributed by atoms with Crippen molar-refractivity contribution in [2.24, 2.45) is 0 Å². The second-order valence-electron chi connectivity index (χ2n) is 3.30. The first kappa shape index (κ1) is 14.2. The summed E-state index contributed by atoms with van der Waals surface area (Å²) in [6.45, 7) is 0.844. The van der Waals surface area contributed by atoms with Crippen LogP contribution < -0.4 is 14.8 Å². The zero-order valence-corrected chi connectivity index (χ0v) is 11.2. The lowest BCUT2D eigenvalue weighted by Gasteiger charge is -2.10. The van der Waals surface area contributed by atoms with Crippen LogP contribution in [0.15, 0.2) is 23.1 Å². The van der Waals surface area contributed by atoms with Gasteiger partial charge >= 0.3 is 0 Å². The molecule has 0 amide bonds. The molecule has 0 radical (unpaired) electrons. The minimum absolute atomic E-state index is 0.0450. The Bertz CT molecular complexity index is 476. The van der Waals surface area contributed by atoms with E-state index in [1.165, 1.54) is 19.2 Å². The number of hydrogen-bond donors (Lipinski definition) is 2. The number of nitrogens with one attached hydrogen (secondary N) is 2. The monoisotopic (exact) mass is 278 g/mol. The van der Waals surface area contributed by atoms with Crippen molar-refractivity contribution in [1.82, 2.24) is 10.0 Å². The van der Waals surface area contributed by atoms with Gasteiger partial charge in [-0.3, -0.25) is 0 Å². The zero-order chi connectivity index (χ0) is 12.9. The molecule has 0 heterocycles. The highest BCUT2D eigenvalue weighted by Gasteiger charge is 2.19. The van der Waals surface area contributed by atoms with Crippen LogP contribution in [-0.4, -0.2) is 35.7 Å². The molecule has 96 valence electrons. The number of hydrogen-bond acceptors (Lipinski definition) is 4. The van der Waals surface area contributed by atoms with Crippen LogP contribution in [0.4, 0.5) is 0 Å². The molecule has 0 aliphatic heterocycles. The second-order valence-corrected chi connectivity index (χ2v) is 5.47. The molecule has 1 rings (SSSR count). The van der Waals surface area contributed by atoms with Gasteiger partial charge in [0.05, 0.1) is 7.11 Å². The predicted molar refractivity (Wildman–Crippen MR) is 67.1 cm³/mol. The van der Waals surface area contributed by atoms with E-state index in [0.29, 0.717) is 18.1 Å². The van der Waals surface area contributed by atoms with E-state index in [1.807, 2.05) is 0 Å². The third kappa shape index (κ3) is 3.85. The van der Waals surface area contributed by atoms with Gasteiger partial charge in [0, 0.05) is 18.1 Å². The van der Waals surface area contributed by atoms with Gasteiger partial charge in [-0.1, -0.05) is 11.6 Å². The fourth-order valence-electron chi connectivity index (χ4n) is 1.25. The SMILES string of the molecule is CNCCNS(=O)(=O)c1cc(Cl)ccc1OC. The Morgan fingerprint density at radius 2 is 2.06 bits per heavy atom. The standard InChI is InChI=1S/C10H15ClN2O3S/c1-12-5-6-13-17(14,15)10-7-8(11)3-4-9(10)16-2/h3-4,7,12-13H,5-6H2,1-2H3. The molecule has 0 saturated heterocycles. The van der Waals surface area contributed by atoms with E-state index < -0.39 is 10.0 Å². The Kier molecular flexibility index (Phi) is 5.20. The van der Waals surface area contributed by atoms with E-state index >= 15 is 0 Å². The third-order valence-electron chi connectivity index (χ3n) is 2.08. The van der Waals surface area contributed by atoms with Crippen molar-refractivity contribution in [2.45, 2.75) is 4.90 Å². The van der Waals surface area contributed by atoms with Crippen molar-refractivity contribution in [3.63, 3.8) is 0 Å². The fraction of sp³-hybridized carbons (Fsp3) is 0.400. The van der Waals surface area contributed by atoms with Crippen molar-refractivity contribution in [1.29, 1.82) is 0 Å². The van der Waals surface area contributed by atoms with Gasteiger partial charge in [0.25, 0.3) is 0 Å². The maximum Gasteiger partial charge on any atom is 0.244 e. The van der Waals surface area contributed by atoms with Crippen molar-refractivity contribution >= 4 is 21.6 Å². The van der Waals surface area contributed by atoms with E-state index in [-0.39, 0.29) is 10.6 Å². The van der Waals surface area contributed by atoms with E-state index in [4.69, 9.17) is 16.3 Å². The van der Waals surface area contributed by atoms with Crippen molar-refractivity contribution in [2.75, 3.05) is 27.2 Å². The lowest BCUT2D eigenvalue weighted by molar-refractivity contribution is 0.402. The van der Waals surface area contributed by atoms with E-state index in [2.05, 4.69) is 10.0 Å². The number of sulfonamides is 1. The maximum atomic E-state index is 12.0. The van der Waals surface area contributed by atoms with Crippen LogP contribution in [0.2, 0.25) is 5.02 Å². The van der Waals surface area contributed by atoms with Crippen molar-refractivity contribution in [3.05, 3.63) is 23.2 Å². The number of benzene rings is 1. The molecule has 0 bridgehead atoms. The molecule has 0 unspecified atom stereocenters. The van der Waals surface area contributed by atoms with E-state index in [0.717, 1.165) is 0 Å². The highest BCUT2D eigenvalue weighted by Crippen LogP contribution is 2.26. The van der Waals surface area contributed by atoms with Crippen LogP contribution in [0.1, 0.15) is 0 Å². The number of likely N-dealkylation sites (N-methyl/N-ethyl adjacent to an activating group) is 1. The summed E-state index contributed by atoms with van der Waals surface area (Å²) in [6.07, 6.45) is 0. The summed E-state index contributed by atoms with van der Waals surface area (Å²) in [5, 5.41) is 3.19. The average Bonchev–Trinajstić information content (AvgIpc) is 2.29. The minimum atomic E-state index is -3.60.